The Morgan fingerprint density at radius 3 is 2.20 bits per heavy atom. The predicted molar refractivity (Wildman–Crippen MR) is 38.2 cm³/mol. The minimum absolute atomic E-state index is 0.0913. The molecule has 0 rings (SSSR count). The summed E-state index contributed by atoms with van der Waals surface area (Å²) in [6.45, 7) is 5.98. The molecule has 0 saturated carbocycles. The summed E-state index contributed by atoms with van der Waals surface area (Å²) in [7, 11) is 0. The lowest BCUT2D eigenvalue weighted by atomic mass is 10.7. The van der Waals surface area contributed by atoms with Gasteiger partial charge in [0.1, 0.15) is 0 Å². The molecule has 0 aromatic rings. The fourth-order valence-electron chi connectivity index (χ4n) is 0.141. The zero-order chi connectivity index (χ0) is 8.41. The number of aliphatic hydroxyl groups is 1. The normalized spacial score (nSPS) is 6.50. The second-order valence-electron chi connectivity index (χ2n) is 1.04. The van der Waals surface area contributed by atoms with Crippen molar-refractivity contribution >= 4 is 5.97 Å². The Balaban J connectivity index is 0. The van der Waals surface area contributed by atoms with E-state index in [2.05, 4.69) is 17.9 Å². The number of aliphatic hydroxyl groups excluding tert-OH is 1. The third kappa shape index (κ3) is 15.9. The lowest BCUT2D eigenvalue weighted by Crippen LogP contribution is -2.13. The summed E-state index contributed by atoms with van der Waals surface area (Å²) in [6, 6.07) is 0. The average molecular weight is 145 g/mol. The number of carbonyl (C=O) groups is 1. The van der Waals surface area contributed by atoms with Crippen LogP contribution in [-0.4, -0.2) is 17.6 Å². The highest BCUT2D eigenvalue weighted by molar-refractivity contribution is 5.71. The highest BCUT2D eigenvalue weighted by Crippen LogP contribution is 1.70. The van der Waals surface area contributed by atoms with Crippen LogP contribution in [-0.2, 0) is 9.53 Å². The molecule has 0 aliphatic carbocycles. The van der Waals surface area contributed by atoms with Gasteiger partial charge in [0.2, 0.25) is 0 Å². The topological polar surface area (TPSA) is 72.5 Å². The monoisotopic (exact) mass is 145 g/mol. The van der Waals surface area contributed by atoms with Gasteiger partial charge in [-0.1, -0.05) is 13.2 Å². The molecule has 10 heavy (non-hydrogen) atoms. The maximum Gasteiger partial charge on any atom is 0.324 e. The number of carbonyl (C=O) groups excluding carboxylic acids is 1. The van der Waals surface area contributed by atoms with E-state index in [1.807, 2.05) is 0 Å². The number of nitrogens with two attached hydrogens (primary N) is 1. The third-order valence-corrected chi connectivity index (χ3v) is 0.381. The van der Waals surface area contributed by atoms with Crippen LogP contribution < -0.4 is 5.73 Å². The van der Waals surface area contributed by atoms with Gasteiger partial charge in [0.25, 0.3) is 0 Å². The fraction of sp³-hybridized carbons (Fsp3) is 0.167. The smallest absolute Gasteiger partial charge is 0.324 e. The molecule has 4 nitrogen and oxygen atoms in total. The van der Waals surface area contributed by atoms with Crippen molar-refractivity contribution < 1.29 is 14.6 Å². The molecule has 0 saturated heterocycles. The number of hydrogen-bond donors (Lipinski definition) is 2. The molecule has 0 unspecified atom stereocenters. The Bertz CT molecular complexity index is 112. The van der Waals surface area contributed by atoms with Crippen molar-refractivity contribution in [1.82, 2.24) is 0 Å². The van der Waals surface area contributed by atoms with Crippen molar-refractivity contribution in [3.8, 4) is 0 Å². The molecule has 0 amide bonds. The fourth-order valence-corrected chi connectivity index (χ4v) is 0.141. The van der Waals surface area contributed by atoms with Crippen molar-refractivity contribution in [2.45, 2.75) is 0 Å². The van der Waals surface area contributed by atoms with E-state index in [0.29, 0.717) is 0 Å². The molecule has 3 N–H and O–H groups in total. The summed E-state index contributed by atoms with van der Waals surface area (Å²) in [5.74, 6) is -0.463. The quantitative estimate of drug-likeness (QED) is 0.433. The third-order valence-electron chi connectivity index (χ3n) is 0.381. The molecule has 0 aliphatic rings. The Morgan fingerprint density at radius 2 is 2.10 bits per heavy atom. The first-order valence-electron chi connectivity index (χ1n) is 2.48. The standard InChI is InChI=1S/C4H7NO2.C2H4O/c1-2-7-4(6)3-5;1-2-3/h2H,1,3,5H2;2-3H,1H2. The second kappa shape index (κ2) is 10.6. The average Bonchev–Trinajstić information content (AvgIpc) is 1.90. The zero-order valence-corrected chi connectivity index (χ0v) is 5.62. The van der Waals surface area contributed by atoms with E-state index in [0.717, 1.165) is 12.5 Å². The van der Waals surface area contributed by atoms with Gasteiger partial charge in [0, 0.05) is 0 Å². The Hall–Kier alpha value is -1.29. The van der Waals surface area contributed by atoms with Crippen LogP contribution in [0, 0.1) is 0 Å². The van der Waals surface area contributed by atoms with Crippen LogP contribution in [0.3, 0.4) is 0 Å². The molecule has 0 spiro atoms. The SMILES string of the molecule is C=CO.C=COC(=O)CN. The summed E-state index contributed by atoms with van der Waals surface area (Å²) in [6.07, 6.45) is 1.80. The number of esters is 1. The van der Waals surface area contributed by atoms with Crippen molar-refractivity contribution in [3.63, 3.8) is 0 Å². The molecule has 0 heterocycles. The predicted octanol–water partition coefficient (Wildman–Crippen LogP) is 0.320. The van der Waals surface area contributed by atoms with Crippen molar-refractivity contribution in [1.29, 1.82) is 0 Å². The largest absolute Gasteiger partial charge is 0.516 e. The first-order valence-corrected chi connectivity index (χ1v) is 2.48. The minimum atomic E-state index is -0.463. The molecule has 0 radical (unpaired) electrons. The summed E-state index contributed by atoms with van der Waals surface area (Å²) >= 11 is 0. The number of rotatable bonds is 2. The van der Waals surface area contributed by atoms with E-state index in [9.17, 15) is 4.79 Å². The van der Waals surface area contributed by atoms with Crippen LogP contribution in [0.2, 0.25) is 0 Å². The highest BCUT2D eigenvalue weighted by atomic mass is 16.5. The maximum absolute atomic E-state index is 9.99. The Kier molecular flexibility index (Phi) is 12.2. The highest BCUT2D eigenvalue weighted by Gasteiger charge is 1.90. The van der Waals surface area contributed by atoms with Gasteiger partial charge in [-0.15, -0.1) is 0 Å². The van der Waals surface area contributed by atoms with Crippen LogP contribution in [0.1, 0.15) is 0 Å². The van der Waals surface area contributed by atoms with Crippen LogP contribution in [0.4, 0.5) is 0 Å². The van der Waals surface area contributed by atoms with Gasteiger partial charge in [-0.3, -0.25) is 4.79 Å². The summed E-state index contributed by atoms with van der Waals surface area (Å²) in [4.78, 5) is 9.99. The van der Waals surface area contributed by atoms with E-state index in [4.69, 9.17) is 10.8 Å². The minimum Gasteiger partial charge on any atom is -0.516 e. The molecule has 0 aromatic carbocycles. The molecule has 0 aromatic heterocycles. The lowest BCUT2D eigenvalue weighted by Gasteiger charge is -1.89. The second-order valence-corrected chi connectivity index (χ2v) is 1.04. The Morgan fingerprint density at radius 1 is 1.70 bits per heavy atom. The molecule has 0 atom stereocenters. The van der Waals surface area contributed by atoms with Crippen LogP contribution in [0.5, 0.6) is 0 Å². The van der Waals surface area contributed by atoms with Crippen molar-refractivity contribution in [2.24, 2.45) is 5.73 Å². The first-order chi connectivity index (χ1) is 4.72. The molecule has 0 aliphatic heterocycles. The Labute approximate surface area is 59.6 Å². The summed E-state index contributed by atoms with van der Waals surface area (Å²) in [5.41, 5.74) is 4.84. The molecule has 4 heteroatoms. The molecule has 0 bridgehead atoms. The van der Waals surface area contributed by atoms with Gasteiger partial charge >= 0.3 is 5.97 Å². The van der Waals surface area contributed by atoms with E-state index < -0.39 is 5.97 Å². The lowest BCUT2D eigenvalue weighted by molar-refractivity contribution is -0.136. The molecular weight excluding hydrogens is 134 g/mol. The van der Waals surface area contributed by atoms with Gasteiger partial charge in [-0.25, -0.2) is 0 Å². The van der Waals surface area contributed by atoms with Crippen molar-refractivity contribution in [2.75, 3.05) is 6.54 Å². The van der Waals surface area contributed by atoms with E-state index in [-0.39, 0.29) is 6.54 Å². The van der Waals surface area contributed by atoms with Gasteiger partial charge in [0.15, 0.2) is 0 Å². The zero-order valence-electron chi connectivity index (χ0n) is 5.62. The summed E-state index contributed by atoms with van der Waals surface area (Å²) in [5, 5.41) is 7.33. The first kappa shape index (κ1) is 11.5. The van der Waals surface area contributed by atoms with Crippen molar-refractivity contribution in [3.05, 3.63) is 25.7 Å². The van der Waals surface area contributed by atoms with Crippen LogP contribution >= 0.6 is 0 Å². The summed E-state index contributed by atoms with van der Waals surface area (Å²) < 4.78 is 4.19. The van der Waals surface area contributed by atoms with Gasteiger partial charge < -0.3 is 15.6 Å². The number of hydrogen-bond acceptors (Lipinski definition) is 4. The maximum atomic E-state index is 9.99. The van der Waals surface area contributed by atoms with E-state index in [1.165, 1.54) is 0 Å². The van der Waals surface area contributed by atoms with Gasteiger partial charge in [-0.05, 0) is 0 Å². The molecule has 58 valence electrons. The van der Waals surface area contributed by atoms with Gasteiger partial charge in [-0.2, -0.15) is 0 Å². The van der Waals surface area contributed by atoms with E-state index >= 15 is 0 Å². The van der Waals surface area contributed by atoms with Crippen LogP contribution in [0.25, 0.3) is 0 Å². The van der Waals surface area contributed by atoms with Gasteiger partial charge in [0.05, 0.1) is 19.1 Å². The van der Waals surface area contributed by atoms with Crippen LogP contribution in [0.15, 0.2) is 25.7 Å². The van der Waals surface area contributed by atoms with E-state index in [1.54, 1.807) is 0 Å². The number of ether oxygens (including phenoxy) is 1. The molecular formula is C6H11NO3. The molecule has 0 fully saturated rings.